The summed E-state index contributed by atoms with van der Waals surface area (Å²) in [5.74, 6) is 0. The van der Waals surface area contributed by atoms with Gasteiger partial charge in [-0.05, 0) is 25.0 Å². The van der Waals surface area contributed by atoms with Gasteiger partial charge in [-0.1, -0.05) is 12.1 Å². The third kappa shape index (κ3) is 2.15. The molecule has 0 radical (unpaired) electrons. The van der Waals surface area contributed by atoms with Gasteiger partial charge in [-0.2, -0.15) is 5.10 Å². The van der Waals surface area contributed by atoms with Crippen molar-refractivity contribution in [2.75, 3.05) is 30.9 Å². The van der Waals surface area contributed by atoms with E-state index in [2.05, 4.69) is 32.5 Å². The molecule has 0 saturated heterocycles. The first-order chi connectivity index (χ1) is 9.66. The minimum atomic E-state index is -0.0836. The van der Waals surface area contributed by atoms with Crippen LogP contribution in [-0.4, -0.2) is 30.8 Å². The lowest BCUT2D eigenvalue weighted by Crippen LogP contribution is -2.24. The van der Waals surface area contributed by atoms with Gasteiger partial charge in [0.05, 0.1) is 5.69 Å². The maximum atomic E-state index is 11.9. The molecule has 0 bridgehead atoms. The number of hydrogen-bond donors (Lipinski definition) is 2. The number of aromatic nitrogens is 2. The number of fused-ring (bicyclic) bond motifs is 1. The molecule has 0 unspecified atom stereocenters. The molecule has 1 aliphatic rings. The van der Waals surface area contributed by atoms with Gasteiger partial charge in [0.15, 0.2) is 0 Å². The molecule has 1 aromatic heterocycles. The molecule has 0 spiro atoms. The largest absolute Gasteiger partial charge is 0.383 e. The SMILES string of the molecule is CN(C)c1cccc(-c2n[nH]c(=O)c3c2NCCC3)c1. The minimum absolute atomic E-state index is 0.0836. The van der Waals surface area contributed by atoms with E-state index in [9.17, 15) is 4.79 Å². The van der Waals surface area contributed by atoms with Crippen molar-refractivity contribution < 1.29 is 0 Å². The topological polar surface area (TPSA) is 61.0 Å². The van der Waals surface area contributed by atoms with E-state index < -0.39 is 0 Å². The van der Waals surface area contributed by atoms with Crippen LogP contribution in [0.3, 0.4) is 0 Å². The van der Waals surface area contributed by atoms with Crippen LogP contribution in [-0.2, 0) is 6.42 Å². The Bertz CT molecular complexity index is 691. The normalized spacial score (nSPS) is 13.5. The molecule has 3 rings (SSSR count). The van der Waals surface area contributed by atoms with E-state index >= 15 is 0 Å². The van der Waals surface area contributed by atoms with Gasteiger partial charge in [0.2, 0.25) is 0 Å². The number of benzene rings is 1. The molecule has 2 heterocycles. The fourth-order valence-electron chi connectivity index (χ4n) is 2.53. The van der Waals surface area contributed by atoms with E-state index in [0.29, 0.717) is 0 Å². The lowest BCUT2D eigenvalue weighted by molar-refractivity contribution is 0.799. The predicted molar refractivity (Wildman–Crippen MR) is 81.4 cm³/mol. The molecule has 2 N–H and O–H groups in total. The first-order valence-corrected chi connectivity index (χ1v) is 6.80. The van der Waals surface area contributed by atoms with Gasteiger partial charge in [0.25, 0.3) is 5.56 Å². The molecule has 0 saturated carbocycles. The molecular formula is C15H18N4O. The van der Waals surface area contributed by atoms with Crippen LogP contribution in [0, 0.1) is 0 Å². The van der Waals surface area contributed by atoms with E-state index in [1.807, 2.05) is 26.2 Å². The molecule has 0 amide bonds. The fraction of sp³-hybridized carbons (Fsp3) is 0.333. The van der Waals surface area contributed by atoms with E-state index in [0.717, 1.165) is 47.6 Å². The summed E-state index contributed by atoms with van der Waals surface area (Å²) in [6, 6.07) is 8.16. The van der Waals surface area contributed by atoms with Crippen molar-refractivity contribution in [1.29, 1.82) is 0 Å². The Morgan fingerprint density at radius 1 is 1.30 bits per heavy atom. The van der Waals surface area contributed by atoms with Crippen LogP contribution in [0.15, 0.2) is 29.1 Å². The van der Waals surface area contributed by atoms with Crippen molar-refractivity contribution in [2.45, 2.75) is 12.8 Å². The maximum Gasteiger partial charge on any atom is 0.269 e. The van der Waals surface area contributed by atoms with Crippen molar-refractivity contribution in [1.82, 2.24) is 10.2 Å². The van der Waals surface area contributed by atoms with Crippen LogP contribution in [0.2, 0.25) is 0 Å². The van der Waals surface area contributed by atoms with Gasteiger partial charge < -0.3 is 10.2 Å². The zero-order chi connectivity index (χ0) is 14.1. The van der Waals surface area contributed by atoms with Crippen LogP contribution < -0.4 is 15.8 Å². The third-order valence-electron chi connectivity index (χ3n) is 3.62. The summed E-state index contributed by atoms with van der Waals surface area (Å²) in [7, 11) is 4.01. The van der Waals surface area contributed by atoms with Crippen molar-refractivity contribution in [2.24, 2.45) is 0 Å². The Kier molecular flexibility index (Phi) is 3.18. The average molecular weight is 270 g/mol. The molecule has 0 aliphatic carbocycles. The Hall–Kier alpha value is -2.30. The predicted octanol–water partition coefficient (Wildman–Crippen LogP) is 1.86. The van der Waals surface area contributed by atoms with Crippen LogP contribution >= 0.6 is 0 Å². The fourth-order valence-corrected chi connectivity index (χ4v) is 2.53. The Balaban J connectivity index is 2.15. The standard InChI is InChI=1S/C15H18N4O/c1-19(2)11-6-3-5-10(9-11)13-14-12(7-4-8-16-14)15(20)18-17-13/h3,5-6,9,16H,4,7-8H2,1-2H3,(H,18,20). The number of nitrogens with one attached hydrogen (secondary N) is 2. The number of H-pyrrole nitrogens is 1. The van der Waals surface area contributed by atoms with Gasteiger partial charge in [-0.3, -0.25) is 4.79 Å². The minimum Gasteiger partial charge on any atom is -0.383 e. The third-order valence-corrected chi connectivity index (χ3v) is 3.62. The zero-order valence-electron chi connectivity index (χ0n) is 11.7. The van der Waals surface area contributed by atoms with Gasteiger partial charge in [0, 0.05) is 37.5 Å². The van der Waals surface area contributed by atoms with Crippen LogP contribution in [0.4, 0.5) is 11.4 Å². The van der Waals surface area contributed by atoms with Crippen molar-refractivity contribution >= 4 is 11.4 Å². The molecule has 5 heteroatoms. The highest BCUT2D eigenvalue weighted by Gasteiger charge is 2.18. The molecule has 1 aromatic carbocycles. The summed E-state index contributed by atoms with van der Waals surface area (Å²) in [6.07, 6.45) is 1.79. The maximum absolute atomic E-state index is 11.9. The monoisotopic (exact) mass is 270 g/mol. The first-order valence-electron chi connectivity index (χ1n) is 6.80. The van der Waals surface area contributed by atoms with Gasteiger partial charge in [-0.25, -0.2) is 5.10 Å². The first kappa shape index (κ1) is 12.7. The van der Waals surface area contributed by atoms with Crippen LogP contribution in [0.1, 0.15) is 12.0 Å². The number of nitrogens with zero attached hydrogens (tertiary/aromatic N) is 2. The summed E-state index contributed by atoms with van der Waals surface area (Å²) in [6.45, 7) is 0.887. The zero-order valence-corrected chi connectivity index (χ0v) is 11.7. The average Bonchev–Trinajstić information content (AvgIpc) is 2.48. The summed E-state index contributed by atoms with van der Waals surface area (Å²) in [5.41, 5.74) is 4.56. The Morgan fingerprint density at radius 3 is 2.95 bits per heavy atom. The van der Waals surface area contributed by atoms with Crippen molar-refractivity contribution in [3.63, 3.8) is 0 Å². The molecule has 0 fully saturated rings. The van der Waals surface area contributed by atoms with Crippen molar-refractivity contribution in [3.8, 4) is 11.3 Å². The van der Waals surface area contributed by atoms with Gasteiger partial charge in [0.1, 0.15) is 5.69 Å². The number of hydrogen-bond acceptors (Lipinski definition) is 4. The number of anilines is 2. The highest BCUT2D eigenvalue weighted by Crippen LogP contribution is 2.31. The van der Waals surface area contributed by atoms with Crippen LogP contribution in [0.5, 0.6) is 0 Å². The molecule has 20 heavy (non-hydrogen) atoms. The molecular weight excluding hydrogens is 252 g/mol. The second kappa shape index (κ2) is 5.00. The second-order valence-corrected chi connectivity index (χ2v) is 5.23. The summed E-state index contributed by atoms with van der Waals surface area (Å²) >= 11 is 0. The molecule has 2 aromatic rings. The van der Waals surface area contributed by atoms with E-state index in [4.69, 9.17) is 0 Å². The molecule has 104 valence electrons. The molecule has 0 atom stereocenters. The molecule has 5 nitrogen and oxygen atoms in total. The lowest BCUT2D eigenvalue weighted by atomic mass is 10.0. The lowest BCUT2D eigenvalue weighted by Gasteiger charge is -2.20. The van der Waals surface area contributed by atoms with E-state index in [-0.39, 0.29) is 5.56 Å². The number of rotatable bonds is 2. The van der Waals surface area contributed by atoms with E-state index in [1.165, 1.54) is 0 Å². The highest BCUT2D eigenvalue weighted by molar-refractivity contribution is 5.78. The summed E-state index contributed by atoms with van der Waals surface area (Å²) in [4.78, 5) is 13.9. The van der Waals surface area contributed by atoms with E-state index in [1.54, 1.807) is 0 Å². The van der Waals surface area contributed by atoms with Gasteiger partial charge in [-0.15, -0.1) is 0 Å². The van der Waals surface area contributed by atoms with Gasteiger partial charge >= 0.3 is 0 Å². The van der Waals surface area contributed by atoms with Crippen molar-refractivity contribution in [3.05, 3.63) is 40.2 Å². The van der Waals surface area contributed by atoms with Crippen LogP contribution in [0.25, 0.3) is 11.3 Å². The smallest absolute Gasteiger partial charge is 0.269 e. The molecule has 1 aliphatic heterocycles. The summed E-state index contributed by atoms with van der Waals surface area (Å²) < 4.78 is 0. The second-order valence-electron chi connectivity index (χ2n) is 5.23. The summed E-state index contributed by atoms with van der Waals surface area (Å²) in [5, 5.41) is 10.2. The Morgan fingerprint density at radius 2 is 2.15 bits per heavy atom. The highest BCUT2D eigenvalue weighted by atomic mass is 16.1. The Labute approximate surface area is 117 Å². The number of aromatic amines is 1. The quantitative estimate of drug-likeness (QED) is 0.874.